The Balaban J connectivity index is 1.55. The zero-order chi connectivity index (χ0) is 29.7. The first-order chi connectivity index (χ1) is 19.5. The Hall–Kier alpha value is -3.17. The highest BCUT2D eigenvalue weighted by Gasteiger charge is 2.44. The molecular weight excluding hydrogens is 561 g/mol. The van der Waals surface area contributed by atoms with Gasteiger partial charge in [-0.3, -0.25) is 10.1 Å². The lowest BCUT2D eigenvalue weighted by Crippen LogP contribution is -2.51. The van der Waals surface area contributed by atoms with Crippen molar-refractivity contribution >= 4 is 21.8 Å². The van der Waals surface area contributed by atoms with E-state index in [1.807, 2.05) is 6.07 Å². The second-order valence-electron chi connectivity index (χ2n) is 10.6. The van der Waals surface area contributed by atoms with Crippen LogP contribution in [-0.2, 0) is 30.7 Å². The quantitative estimate of drug-likeness (QED) is 0.278. The standard InChI is InChI=1S/C27H34FN3O9S/c1-17(2)14-30(41(36,37)19-8-9-21(28)23(13-19)31(34)35)15-24(32)22(12-18-6-4-3-5-7-18)29-27(33)40-25-16-39-26-20(25)10-11-38-26/h3-9,13,17,20,22,24-26,32H,10-12,14-16H2,1-2H3,(H,29,33)/t20?,22-,24+,25?,26+/m0/s1. The number of ether oxygens (including phenoxy) is 3. The van der Waals surface area contributed by atoms with E-state index < -0.39 is 68.5 Å². The molecule has 0 aromatic heterocycles. The van der Waals surface area contributed by atoms with Gasteiger partial charge in [0.15, 0.2) is 6.29 Å². The normalized spacial score (nSPS) is 22.0. The summed E-state index contributed by atoms with van der Waals surface area (Å²) in [6.07, 6.45) is -2.31. The molecule has 0 aliphatic carbocycles. The van der Waals surface area contributed by atoms with E-state index in [2.05, 4.69) is 5.32 Å². The Bertz CT molecular complexity index is 1330. The van der Waals surface area contributed by atoms with E-state index in [1.165, 1.54) is 0 Å². The second-order valence-corrected chi connectivity index (χ2v) is 12.5. The van der Waals surface area contributed by atoms with Crippen molar-refractivity contribution in [3.05, 3.63) is 70.0 Å². The van der Waals surface area contributed by atoms with Crippen molar-refractivity contribution in [2.45, 2.75) is 56.1 Å². The van der Waals surface area contributed by atoms with Crippen molar-refractivity contribution in [1.82, 2.24) is 9.62 Å². The lowest BCUT2D eigenvalue weighted by Gasteiger charge is -2.31. The molecule has 2 saturated heterocycles. The summed E-state index contributed by atoms with van der Waals surface area (Å²) in [4.78, 5) is 22.7. The first-order valence-corrected chi connectivity index (χ1v) is 14.8. The summed E-state index contributed by atoms with van der Waals surface area (Å²) in [6, 6.07) is 10.4. The van der Waals surface area contributed by atoms with Crippen LogP contribution in [0.3, 0.4) is 0 Å². The molecule has 5 atom stereocenters. The number of hydrogen-bond donors (Lipinski definition) is 2. The van der Waals surface area contributed by atoms with E-state index >= 15 is 0 Å². The highest BCUT2D eigenvalue weighted by molar-refractivity contribution is 7.89. The molecule has 0 bridgehead atoms. The summed E-state index contributed by atoms with van der Waals surface area (Å²) >= 11 is 0. The Labute approximate surface area is 237 Å². The van der Waals surface area contributed by atoms with E-state index in [0.717, 1.165) is 22.0 Å². The first kappa shape index (κ1) is 30.8. The van der Waals surface area contributed by atoms with Crippen LogP contribution in [0.25, 0.3) is 0 Å². The topological polar surface area (TPSA) is 158 Å². The van der Waals surface area contributed by atoms with Gasteiger partial charge in [-0.05, 0) is 36.5 Å². The molecule has 2 aromatic carbocycles. The summed E-state index contributed by atoms with van der Waals surface area (Å²) in [6.45, 7) is 3.72. The largest absolute Gasteiger partial charge is 0.443 e. The van der Waals surface area contributed by atoms with Gasteiger partial charge in [0, 0.05) is 19.2 Å². The number of hydrogen-bond acceptors (Lipinski definition) is 9. The number of alkyl carbamates (subject to hydrolysis) is 1. The number of carbonyl (C=O) groups is 1. The predicted octanol–water partition coefficient (Wildman–Crippen LogP) is 2.84. The van der Waals surface area contributed by atoms with Crippen LogP contribution in [0.1, 0.15) is 25.8 Å². The molecule has 2 aliphatic rings. The Morgan fingerprint density at radius 2 is 1.95 bits per heavy atom. The number of carbonyl (C=O) groups excluding carboxylic acids is 1. The molecule has 12 nitrogen and oxygen atoms in total. The maximum Gasteiger partial charge on any atom is 0.407 e. The molecule has 2 N–H and O–H groups in total. The first-order valence-electron chi connectivity index (χ1n) is 13.3. The third-order valence-electron chi connectivity index (χ3n) is 7.02. The SMILES string of the molecule is CC(C)CN(C[C@@H](O)[C@H](Cc1ccccc1)NC(=O)OC1CO[C@H]2OCCC12)S(=O)(=O)c1ccc(F)c([N+](=O)[O-])c1. The number of amides is 1. The molecule has 0 saturated carbocycles. The fourth-order valence-corrected chi connectivity index (χ4v) is 6.62. The van der Waals surface area contributed by atoms with E-state index in [0.29, 0.717) is 19.1 Å². The van der Waals surface area contributed by atoms with E-state index in [9.17, 15) is 32.8 Å². The molecule has 2 fully saturated rings. The predicted molar refractivity (Wildman–Crippen MR) is 144 cm³/mol. The zero-order valence-electron chi connectivity index (χ0n) is 22.7. The van der Waals surface area contributed by atoms with Crippen LogP contribution >= 0.6 is 0 Å². The van der Waals surface area contributed by atoms with Crippen molar-refractivity contribution in [2.24, 2.45) is 11.8 Å². The number of aliphatic hydroxyl groups is 1. The smallest absolute Gasteiger partial charge is 0.407 e. The minimum absolute atomic E-state index is 0.0461. The summed E-state index contributed by atoms with van der Waals surface area (Å²) in [5, 5.41) is 25.2. The van der Waals surface area contributed by atoms with Crippen molar-refractivity contribution in [3.63, 3.8) is 0 Å². The van der Waals surface area contributed by atoms with E-state index in [4.69, 9.17) is 14.2 Å². The second kappa shape index (κ2) is 13.2. The maximum absolute atomic E-state index is 13.9. The van der Waals surface area contributed by atoms with Gasteiger partial charge in [-0.1, -0.05) is 44.2 Å². The summed E-state index contributed by atoms with van der Waals surface area (Å²) in [5.74, 6) is -1.45. The summed E-state index contributed by atoms with van der Waals surface area (Å²) in [7, 11) is -4.40. The van der Waals surface area contributed by atoms with E-state index in [-0.39, 0.29) is 31.4 Å². The molecule has 2 aromatic rings. The highest BCUT2D eigenvalue weighted by atomic mass is 32.2. The molecule has 2 unspecified atom stereocenters. The molecule has 224 valence electrons. The Kier molecular flexibility index (Phi) is 9.92. The van der Waals surface area contributed by atoms with Gasteiger partial charge in [0.25, 0.3) is 0 Å². The minimum Gasteiger partial charge on any atom is -0.443 e. The van der Waals surface area contributed by atoms with Crippen LogP contribution in [0.15, 0.2) is 53.4 Å². The Morgan fingerprint density at radius 1 is 1.22 bits per heavy atom. The average molecular weight is 596 g/mol. The third kappa shape index (κ3) is 7.57. The fourth-order valence-electron chi connectivity index (χ4n) is 4.98. The summed E-state index contributed by atoms with van der Waals surface area (Å²) < 4.78 is 58.6. The average Bonchev–Trinajstić information content (AvgIpc) is 3.53. The van der Waals surface area contributed by atoms with Crippen LogP contribution in [0.4, 0.5) is 14.9 Å². The van der Waals surface area contributed by atoms with Crippen LogP contribution in [-0.4, -0.2) is 79.7 Å². The number of benzene rings is 2. The molecule has 1 amide bonds. The number of rotatable bonds is 12. The van der Waals surface area contributed by atoms with Crippen molar-refractivity contribution in [3.8, 4) is 0 Å². The van der Waals surface area contributed by atoms with Crippen molar-refractivity contribution < 1.29 is 41.8 Å². The highest BCUT2D eigenvalue weighted by Crippen LogP contribution is 2.33. The van der Waals surface area contributed by atoms with Gasteiger partial charge < -0.3 is 24.6 Å². The number of nitrogens with zero attached hydrogens (tertiary/aromatic N) is 2. The van der Waals surface area contributed by atoms with Crippen LogP contribution in [0.5, 0.6) is 0 Å². The lowest BCUT2D eigenvalue weighted by molar-refractivity contribution is -0.387. The molecular formula is C27H34FN3O9S. The molecule has 2 aliphatic heterocycles. The maximum atomic E-state index is 13.9. The third-order valence-corrected chi connectivity index (χ3v) is 8.85. The van der Waals surface area contributed by atoms with Crippen molar-refractivity contribution in [2.75, 3.05) is 26.3 Å². The van der Waals surface area contributed by atoms with E-state index in [1.54, 1.807) is 38.1 Å². The molecule has 0 spiro atoms. The fraction of sp³-hybridized carbons (Fsp3) is 0.519. The number of nitro groups is 1. The number of nitrogens with one attached hydrogen (secondary N) is 1. The minimum atomic E-state index is -4.40. The lowest BCUT2D eigenvalue weighted by atomic mass is 10.0. The molecule has 14 heteroatoms. The van der Waals surface area contributed by atoms with Gasteiger partial charge in [0.1, 0.15) is 6.10 Å². The monoisotopic (exact) mass is 595 g/mol. The zero-order valence-corrected chi connectivity index (χ0v) is 23.5. The molecule has 0 radical (unpaired) electrons. The van der Waals surface area contributed by atoms with Crippen LogP contribution in [0.2, 0.25) is 0 Å². The van der Waals surface area contributed by atoms with Gasteiger partial charge >= 0.3 is 11.8 Å². The van der Waals surface area contributed by atoms with Gasteiger partial charge in [0.05, 0.1) is 41.1 Å². The van der Waals surface area contributed by atoms with Crippen molar-refractivity contribution in [1.29, 1.82) is 0 Å². The molecule has 4 rings (SSSR count). The summed E-state index contributed by atoms with van der Waals surface area (Å²) in [5.41, 5.74) is -0.203. The number of sulfonamides is 1. The Morgan fingerprint density at radius 3 is 2.63 bits per heavy atom. The van der Waals surface area contributed by atoms with Crippen LogP contribution in [0, 0.1) is 27.8 Å². The number of nitro benzene ring substituents is 1. The molecule has 41 heavy (non-hydrogen) atoms. The van der Waals surface area contributed by atoms with Gasteiger partial charge in [-0.2, -0.15) is 8.70 Å². The van der Waals surface area contributed by atoms with Crippen LogP contribution < -0.4 is 5.32 Å². The number of halogens is 1. The van der Waals surface area contributed by atoms with Gasteiger partial charge in [-0.15, -0.1) is 0 Å². The molecule has 2 heterocycles. The number of aliphatic hydroxyl groups excluding tert-OH is 1. The number of fused-ring (bicyclic) bond motifs is 1. The van der Waals surface area contributed by atoms with Gasteiger partial charge in [0.2, 0.25) is 15.8 Å². The van der Waals surface area contributed by atoms with Gasteiger partial charge in [-0.25, -0.2) is 13.2 Å².